The molecule has 0 saturated carbocycles. The third-order valence-electron chi connectivity index (χ3n) is 3.49. The monoisotopic (exact) mass is 217 g/mol. The van der Waals surface area contributed by atoms with Gasteiger partial charge in [-0.25, -0.2) is 0 Å². The van der Waals surface area contributed by atoms with Crippen LogP contribution in [0.2, 0.25) is 0 Å². The molecule has 0 spiro atoms. The van der Waals surface area contributed by atoms with Gasteiger partial charge in [0.15, 0.2) is 0 Å². The first-order valence-electron chi connectivity index (χ1n) is 6.20. The van der Waals surface area contributed by atoms with Gasteiger partial charge in [0.1, 0.15) is 0 Å². The Kier molecular flexibility index (Phi) is 3.97. The third-order valence-corrected chi connectivity index (χ3v) is 3.49. The van der Waals surface area contributed by atoms with Crippen LogP contribution in [-0.4, -0.2) is 42.5 Å². The number of rotatable bonds is 3. The van der Waals surface area contributed by atoms with Crippen LogP contribution in [0.5, 0.6) is 0 Å². The lowest BCUT2D eigenvalue weighted by Gasteiger charge is -2.34. The molecular weight excluding hydrogens is 196 g/mol. The van der Waals surface area contributed by atoms with Gasteiger partial charge in [0.2, 0.25) is 0 Å². The van der Waals surface area contributed by atoms with E-state index < -0.39 is 0 Å². The Morgan fingerprint density at radius 3 is 2.50 bits per heavy atom. The maximum Gasteiger partial charge on any atom is 0.0237 e. The van der Waals surface area contributed by atoms with Crippen LogP contribution < -0.4 is 0 Å². The molecule has 2 rings (SSSR count). The molecule has 0 unspecified atom stereocenters. The summed E-state index contributed by atoms with van der Waals surface area (Å²) in [6.07, 6.45) is 0. The van der Waals surface area contributed by atoms with Crippen molar-refractivity contribution in [1.29, 1.82) is 0 Å². The van der Waals surface area contributed by atoms with Crippen LogP contribution >= 0.6 is 0 Å². The highest BCUT2D eigenvalue weighted by Crippen LogP contribution is 2.11. The molecule has 0 N–H and O–H groups in total. The first-order valence-corrected chi connectivity index (χ1v) is 6.20. The summed E-state index contributed by atoms with van der Waals surface area (Å²) in [7, 11) is 0. The summed E-state index contributed by atoms with van der Waals surface area (Å²) in [5, 5.41) is 0. The summed E-state index contributed by atoms with van der Waals surface area (Å²) in [6.45, 7) is 11.5. The van der Waals surface area contributed by atoms with E-state index in [9.17, 15) is 0 Å². The number of hydrogen-bond acceptors (Lipinski definition) is 2. The zero-order valence-corrected chi connectivity index (χ0v) is 10.4. The van der Waals surface area contributed by atoms with E-state index >= 15 is 0 Å². The van der Waals surface area contributed by atoms with Crippen molar-refractivity contribution in [3.8, 4) is 0 Å². The van der Waals surface area contributed by atoms with Gasteiger partial charge in [0.25, 0.3) is 0 Å². The fourth-order valence-corrected chi connectivity index (χ4v) is 2.23. The average Bonchev–Trinajstić information content (AvgIpc) is 2.33. The van der Waals surface area contributed by atoms with Crippen molar-refractivity contribution in [3.05, 3.63) is 35.4 Å². The van der Waals surface area contributed by atoms with Gasteiger partial charge in [0.05, 0.1) is 0 Å². The zero-order chi connectivity index (χ0) is 11.4. The predicted molar refractivity (Wildman–Crippen MR) is 67.4 cm³/mol. The summed E-state index contributed by atoms with van der Waals surface area (Å²) in [5.41, 5.74) is 2.81. The van der Waals surface area contributed by atoms with E-state index in [-0.39, 0.29) is 0 Å². The van der Waals surface area contributed by atoms with Crippen LogP contribution in [0.3, 0.4) is 0 Å². The second kappa shape index (κ2) is 5.46. The maximum absolute atomic E-state index is 3.13. The van der Waals surface area contributed by atoms with Gasteiger partial charge >= 0.3 is 0 Å². The molecule has 1 aliphatic heterocycles. The predicted octanol–water partition coefficient (Wildman–Crippen LogP) is 1.93. The SMILES string of the molecule is CCN1CCN(Cc2cc[c]cc2C)CC1. The minimum atomic E-state index is 1.10. The van der Waals surface area contributed by atoms with Gasteiger partial charge in [-0.05, 0) is 30.7 Å². The van der Waals surface area contributed by atoms with E-state index in [1.165, 1.54) is 43.9 Å². The van der Waals surface area contributed by atoms with Gasteiger partial charge in [-0.1, -0.05) is 25.1 Å². The number of nitrogens with zero attached hydrogens (tertiary/aromatic N) is 2. The Morgan fingerprint density at radius 1 is 1.19 bits per heavy atom. The van der Waals surface area contributed by atoms with E-state index in [0.29, 0.717) is 0 Å². The topological polar surface area (TPSA) is 6.48 Å². The van der Waals surface area contributed by atoms with Crippen molar-refractivity contribution < 1.29 is 0 Å². The molecule has 0 aliphatic carbocycles. The highest BCUT2D eigenvalue weighted by atomic mass is 15.3. The van der Waals surface area contributed by atoms with Gasteiger partial charge in [-0.3, -0.25) is 4.90 Å². The lowest BCUT2D eigenvalue weighted by atomic mass is 10.1. The molecule has 1 radical (unpaired) electrons. The van der Waals surface area contributed by atoms with Crippen LogP contribution in [-0.2, 0) is 6.54 Å². The van der Waals surface area contributed by atoms with Crippen molar-refractivity contribution in [3.63, 3.8) is 0 Å². The summed E-state index contributed by atoms with van der Waals surface area (Å²) < 4.78 is 0. The molecule has 1 heterocycles. The number of piperazine rings is 1. The van der Waals surface area contributed by atoms with E-state index in [1.807, 2.05) is 6.07 Å². The lowest BCUT2D eigenvalue weighted by molar-refractivity contribution is 0.132. The fraction of sp³-hybridized carbons (Fsp3) is 0.571. The summed E-state index contributed by atoms with van der Waals surface area (Å²) >= 11 is 0. The van der Waals surface area contributed by atoms with Crippen LogP contribution in [0, 0.1) is 13.0 Å². The number of hydrogen-bond donors (Lipinski definition) is 0. The molecule has 0 atom stereocenters. The molecule has 16 heavy (non-hydrogen) atoms. The van der Waals surface area contributed by atoms with Crippen LogP contribution in [0.4, 0.5) is 0 Å². The molecule has 87 valence electrons. The first-order chi connectivity index (χ1) is 7.79. The van der Waals surface area contributed by atoms with Crippen LogP contribution in [0.1, 0.15) is 18.1 Å². The highest BCUT2D eigenvalue weighted by molar-refractivity contribution is 5.24. The molecule has 0 bridgehead atoms. The molecule has 1 fully saturated rings. The van der Waals surface area contributed by atoms with Crippen molar-refractivity contribution in [2.24, 2.45) is 0 Å². The van der Waals surface area contributed by atoms with Gasteiger partial charge in [0, 0.05) is 32.7 Å². The molecule has 2 heteroatoms. The Labute approximate surface area is 98.9 Å². The van der Waals surface area contributed by atoms with Gasteiger partial charge < -0.3 is 4.90 Å². The second-order valence-corrected chi connectivity index (χ2v) is 4.56. The average molecular weight is 217 g/mol. The van der Waals surface area contributed by atoms with Crippen molar-refractivity contribution in [2.45, 2.75) is 20.4 Å². The fourth-order valence-electron chi connectivity index (χ4n) is 2.23. The lowest BCUT2D eigenvalue weighted by Crippen LogP contribution is -2.45. The number of benzene rings is 1. The minimum Gasteiger partial charge on any atom is -0.301 e. The molecule has 1 aromatic rings. The van der Waals surface area contributed by atoms with E-state index in [0.717, 1.165) is 6.54 Å². The Morgan fingerprint density at radius 2 is 1.88 bits per heavy atom. The first kappa shape index (κ1) is 11.6. The Hall–Kier alpha value is -0.860. The smallest absolute Gasteiger partial charge is 0.0237 e. The largest absolute Gasteiger partial charge is 0.301 e. The van der Waals surface area contributed by atoms with Gasteiger partial charge in [-0.15, -0.1) is 0 Å². The minimum absolute atomic E-state index is 1.10. The number of likely N-dealkylation sites (N-methyl/N-ethyl adjacent to an activating group) is 1. The van der Waals surface area contributed by atoms with Crippen molar-refractivity contribution in [2.75, 3.05) is 32.7 Å². The maximum atomic E-state index is 3.13. The highest BCUT2D eigenvalue weighted by Gasteiger charge is 2.15. The molecule has 1 aromatic carbocycles. The quantitative estimate of drug-likeness (QED) is 0.763. The normalized spacial score (nSPS) is 18.9. The molecular formula is C14H21N2. The van der Waals surface area contributed by atoms with E-state index in [1.54, 1.807) is 0 Å². The summed E-state index contributed by atoms with van der Waals surface area (Å²) in [6, 6.07) is 9.42. The van der Waals surface area contributed by atoms with Crippen LogP contribution in [0.15, 0.2) is 18.2 Å². The van der Waals surface area contributed by atoms with Crippen molar-refractivity contribution >= 4 is 0 Å². The summed E-state index contributed by atoms with van der Waals surface area (Å²) in [4.78, 5) is 5.07. The van der Waals surface area contributed by atoms with Crippen molar-refractivity contribution in [1.82, 2.24) is 9.80 Å². The summed E-state index contributed by atoms with van der Waals surface area (Å²) in [5.74, 6) is 0. The molecule has 1 saturated heterocycles. The van der Waals surface area contributed by atoms with Crippen LogP contribution in [0.25, 0.3) is 0 Å². The molecule has 2 nitrogen and oxygen atoms in total. The Balaban J connectivity index is 1.89. The molecule has 1 aliphatic rings. The third kappa shape index (κ3) is 2.83. The van der Waals surface area contributed by atoms with E-state index in [4.69, 9.17) is 0 Å². The standard InChI is InChI=1S/C14H21N2/c1-3-15-8-10-16(11-9-15)12-14-7-5-4-6-13(14)2/h5-7H,3,8-12H2,1-2H3. The Bertz CT molecular complexity index is 327. The molecule has 0 aromatic heterocycles. The zero-order valence-electron chi connectivity index (χ0n) is 10.4. The second-order valence-electron chi connectivity index (χ2n) is 4.56. The number of aryl methyl sites for hydroxylation is 1. The van der Waals surface area contributed by atoms with Gasteiger partial charge in [-0.2, -0.15) is 0 Å². The van der Waals surface area contributed by atoms with E-state index in [2.05, 4.69) is 41.8 Å². The molecule has 0 amide bonds.